The number of rotatable bonds is 2. The van der Waals surface area contributed by atoms with Crippen molar-refractivity contribution in [3.8, 4) is 12.1 Å². The summed E-state index contributed by atoms with van der Waals surface area (Å²) >= 11 is 0. The average Bonchev–Trinajstić information content (AvgIpc) is 3.60. The first kappa shape index (κ1) is 26.1. The lowest BCUT2D eigenvalue weighted by atomic mass is 9.73. The maximum atomic E-state index is 10.6. The number of allylic oxidation sites excluding steroid dienone is 6. The van der Waals surface area contributed by atoms with Gasteiger partial charge < -0.3 is 9.80 Å². The Balaban J connectivity index is 1.34. The molecule has 4 nitrogen and oxygen atoms in total. The molecule has 4 aliphatic rings. The third-order valence-corrected chi connectivity index (χ3v) is 9.86. The van der Waals surface area contributed by atoms with Gasteiger partial charge in [-0.2, -0.15) is 10.5 Å². The van der Waals surface area contributed by atoms with Crippen LogP contribution in [0.25, 0.3) is 0 Å². The van der Waals surface area contributed by atoms with Gasteiger partial charge in [-0.05, 0) is 58.7 Å². The molecule has 0 bridgehead atoms. The average molecular weight is 567 g/mol. The summed E-state index contributed by atoms with van der Waals surface area (Å²) in [5.74, 6) is 0. The van der Waals surface area contributed by atoms with Crippen LogP contribution in [0.5, 0.6) is 0 Å². The van der Waals surface area contributed by atoms with Gasteiger partial charge >= 0.3 is 0 Å². The van der Waals surface area contributed by atoms with Crippen LogP contribution < -0.4 is 9.80 Å². The Bertz CT molecular complexity index is 1900. The standard InChI is InChI=1S/C40H30N4/c1-39(2)27-13-5-9-17-31(27)43(32-18-10-6-14-28(32)39)35-21-25(23-41)38-36(22-26(24-42)37(35)38)44-33-19-11-7-15-29(33)40(3,4)30-16-8-12-20-34(30)44/h5-22H,1-4H3. The van der Waals surface area contributed by atoms with Gasteiger partial charge in [-0.1, -0.05) is 100 Å². The lowest BCUT2D eigenvalue weighted by molar-refractivity contribution is 0.629. The lowest BCUT2D eigenvalue weighted by Gasteiger charge is -2.43. The molecule has 4 heteroatoms. The van der Waals surface area contributed by atoms with Crippen LogP contribution in [0, 0.1) is 22.7 Å². The van der Waals surface area contributed by atoms with Crippen molar-refractivity contribution in [3.63, 3.8) is 0 Å². The monoisotopic (exact) mass is 566 g/mol. The Kier molecular flexibility index (Phi) is 5.31. The van der Waals surface area contributed by atoms with Crippen LogP contribution in [0.1, 0.15) is 49.9 Å². The Morgan fingerprint density at radius 1 is 0.455 bits per heavy atom. The number of hydrogen-bond donors (Lipinski definition) is 0. The van der Waals surface area contributed by atoms with E-state index in [1.165, 1.54) is 22.3 Å². The molecule has 4 aromatic carbocycles. The van der Waals surface area contributed by atoms with E-state index in [2.05, 4.69) is 147 Å². The molecule has 0 amide bonds. The zero-order valence-corrected chi connectivity index (χ0v) is 25.2. The molecule has 0 unspecified atom stereocenters. The van der Waals surface area contributed by atoms with Gasteiger partial charge in [-0.3, -0.25) is 0 Å². The first-order valence-electron chi connectivity index (χ1n) is 15.0. The normalized spacial score (nSPS) is 18.3. The summed E-state index contributed by atoms with van der Waals surface area (Å²) in [7, 11) is 0. The van der Waals surface area contributed by atoms with Crippen molar-refractivity contribution in [3.05, 3.63) is 165 Å². The summed E-state index contributed by atoms with van der Waals surface area (Å²) < 4.78 is 0. The van der Waals surface area contributed by atoms with Crippen LogP contribution in [0.2, 0.25) is 0 Å². The molecule has 0 aromatic heterocycles. The zero-order chi connectivity index (χ0) is 30.4. The molecule has 44 heavy (non-hydrogen) atoms. The number of nitriles is 2. The predicted molar refractivity (Wildman–Crippen MR) is 176 cm³/mol. The summed E-state index contributed by atoms with van der Waals surface area (Å²) in [5.41, 5.74) is 13.1. The number of benzene rings is 4. The molecule has 0 saturated carbocycles. The van der Waals surface area contributed by atoms with Crippen molar-refractivity contribution >= 4 is 22.7 Å². The fourth-order valence-electron chi connectivity index (χ4n) is 7.75. The maximum Gasteiger partial charge on any atom is 0.0999 e. The summed E-state index contributed by atoms with van der Waals surface area (Å²) in [6.45, 7) is 9.05. The molecular weight excluding hydrogens is 536 g/mol. The van der Waals surface area contributed by atoms with E-state index in [9.17, 15) is 10.5 Å². The van der Waals surface area contributed by atoms with Gasteiger partial charge in [0.2, 0.25) is 0 Å². The van der Waals surface area contributed by atoms with Gasteiger partial charge in [0.25, 0.3) is 0 Å². The van der Waals surface area contributed by atoms with Crippen molar-refractivity contribution in [2.75, 3.05) is 9.80 Å². The van der Waals surface area contributed by atoms with E-state index in [0.717, 1.165) is 45.3 Å². The molecule has 0 atom stereocenters. The minimum absolute atomic E-state index is 0.212. The highest BCUT2D eigenvalue weighted by Gasteiger charge is 2.45. The van der Waals surface area contributed by atoms with Crippen molar-refractivity contribution in [2.24, 2.45) is 0 Å². The van der Waals surface area contributed by atoms with E-state index < -0.39 is 0 Å². The van der Waals surface area contributed by atoms with Gasteiger partial charge in [0.1, 0.15) is 0 Å². The van der Waals surface area contributed by atoms with E-state index in [4.69, 9.17) is 0 Å². The van der Waals surface area contributed by atoms with Crippen LogP contribution in [-0.2, 0) is 10.8 Å². The lowest BCUT2D eigenvalue weighted by Crippen LogP contribution is -2.33. The second-order valence-corrected chi connectivity index (χ2v) is 12.8. The highest BCUT2D eigenvalue weighted by molar-refractivity contribution is 5.93. The SMILES string of the molecule is CC1(C)c2ccccc2N(C2=CC(C#N)=C3C(N4c5ccccc5C(C)(C)c5ccccc54)=CC(C#N)=C23)c2ccccc21. The molecule has 0 N–H and O–H groups in total. The molecule has 0 saturated heterocycles. The molecule has 210 valence electrons. The van der Waals surface area contributed by atoms with Crippen LogP contribution in [-0.4, -0.2) is 0 Å². The quantitative estimate of drug-likeness (QED) is 0.243. The molecule has 8 rings (SSSR count). The minimum atomic E-state index is -0.212. The van der Waals surface area contributed by atoms with Gasteiger partial charge in [0.15, 0.2) is 0 Å². The van der Waals surface area contributed by atoms with E-state index in [-0.39, 0.29) is 10.8 Å². The van der Waals surface area contributed by atoms with Crippen molar-refractivity contribution < 1.29 is 0 Å². The number of fused-ring (bicyclic) bond motifs is 5. The molecule has 2 aliphatic carbocycles. The number of anilines is 4. The largest absolute Gasteiger partial charge is 0.309 e. The molecule has 0 spiro atoms. The number of hydrogen-bond acceptors (Lipinski definition) is 4. The topological polar surface area (TPSA) is 54.1 Å². The smallest absolute Gasteiger partial charge is 0.0999 e. The van der Waals surface area contributed by atoms with Gasteiger partial charge in [0.05, 0.1) is 57.4 Å². The maximum absolute atomic E-state index is 10.6. The van der Waals surface area contributed by atoms with Crippen molar-refractivity contribution in [1.82, 2.24) is 0 Å². The van der Waals surface area contributed by atoms with Crippen LogP contribution in [0.3, 0.4) is 0 Å². The second kappa shape index (κ2) is 8.96. The molecule has 2 heterocycles. The third-order valence-electron chi connectivity index (χ3n) is 9.86. The van der Waals surface area contributed by atoms with E-state index in [0.29, 0.717) is 11.1 Å². The third kappa shape index (κ3) is 3.26. The van der Waals surface area contributed by atoms with E-state index >= 15 is 0 Å². The van der Waals surface area contributed by atoms with Crippen LogP contribution in [0.15, 0.2) is 143 Å². The number of para-hydroxylation sites is 4. The molecule has 0 fully saturated rings. The zero-order valence-electron chi connectivity index (χ0n) is 25.2. The van der Waals surface area contributed by atoms with Crippen molar-refractivity contribution in [1.29, 1.82) is 10.5 Å². The van der Waals surface area contributed by atoms with Gasteiger partial charge in [-0.15, -0.1) is 0 Å². The van der Waals surface area contributed by atoms with Gasteiger partial charge in [0, 0.05) is 22.0 Å². The molecule has 0 radical (unpaired) electrons. The summed E-state index contributed by atoms with van der Waals surface area (Å²) in [6, 6.07) is 39.0. The minimum Gasteiger partial charge on any atom is -0.309 e. The van der Waals surface area contributed by atoms with E-state index in [1.807, 2.05) is 12.2 Å². The van der Waals surface area contributed by atoms with Crippen LogP contribution in [0.4, 0.5) is 22.7 Å². The Morgan fingerprint density at radius 2 is 0.727 bits per heavy atom. The highest BCUT2D eigenvalue weighted by Crippen LogP contribution is 2.57. The Morgan fingerprint density at radius 3 is 1.00 bits per heavy atom. The first-order chi connectivity index (χ1) is 21.3. The number of nitrogens with zero attached hydrogens (tertiary/aromatic N) is 4. The Labute approximate surface area is 258 Å². The first-order valence-corrected chi connectivity index (χ1v) is 15.0. The molecule has 4 aromatic rings. The van der Waals surface area contributed by atoms with E-state index in [1.54, 1.807) is 0 Å². The highest BCUT2D eigenvalue weighted by atomic mass is 15.2. The molecule has 2 aliphatic heterocycles. The summed E-state index contributed by atoms with van der Waals surface area (Å²) in [4.78, 5) is 4.51. The Hall–Kier alpha value is -5.58. The fourth-order valence-corrected chi connectivity index (χ4v) is 7.75. The summed E-state index contributed by atoms with van der Waals surface area (Å²) in [6.07, 6.45) is 3.96. The van der Waals surface area contributed by atoms with Gasteiger partial charge in [-0.25, -0.2) is 0 Å². The summed E-state index contributed by atoms with van der Waals surface area (Å²) in [5, 5.41) is 21.3. The predicted octanol–water partition coefficient (Wildman–Crippen LogP) is 9.38. The second-order valence-electron chi connectivity index (χ2n) is 12.8. The fraction of sp³-hybridized carbons (Fsp3) is 0.150. The van der Waals surface area contributed by atoms with Crippen LogP contribution >= 0.6 is 0 Å². The molecular formula is C40H30N4. The van der Waals surface area contributed by atoms with Crippen molar-refractivity contribution in [2.45, 2.75) is 38.5 Å².